The Labute approximate surface area is 191 Å². The predicted octanol–water partition coefficient (Wildman–Crippen LogP) is 5.56. The average molecular weight is 442 g/mol. The van der Waals surface area contributed by atoms with Crippen LogP contribution >= 0.6 is 0 Å². The number of carbonyl (C=O) groups is 1. The summed E-state index contributed by atoms with van der Waals surface area (Å²) in [6.07, 6.45) is 0. The van der Waals surface area contributed by atoms with Gasteiger partial charge in [0.05, 0.1) is 11.5 Å². The number of rotatable bonds is 3. The van der Waals surface area contributed by atoms with Crippen molar-refractivity contribution in [2.45, 2.75) is 32.1 Å². The summed E-state index contributed by atoms with van der Waals surface area (Å²) in [5.74, 6) is -0.782. The first-order chi connectivity index (χ1) is 15.7. The Morgan fingerprint density at radius 3 is 2.33 bits per heavy atom. The molecule has 1 atom stereocenters. The van der Waals surface area contributed by atoms with E-state index in [9.17, 15) is 14.4 Å². The first kappa shape index (κ1) is 22.1. The van der Waals surface area contributed by atoms with Crippen LogP contribution in [0.5, 0.6) is 11.5 Å². The molecule has 33 heavy (non-hydrogen) atoms. The Balaban J connectivity index is 1.62. The molecule has 3 aromatic rings. The van der Waals surface area contributed by atoms with Crippen LogP contribution in [0.15, 0.2) is 78.2 Å². The van der Waals surface area contributed by atoms with Gasteiger partial charge in [-0.05, 0) is 46.9 Å². The number of halogens is 1. The van der Waals surface area contributed by atoms with Gasteiger partial charge in [0.1, 0.15) is 29.0 Å². The van der Waals surface area contributed by atoms with E-state index < -0.39 is 11.9 Å². The van der Waals surface area contributed by atoms with Gasteiger partial charge in [-0.3, -0.25) is 0 Å². The third-order valence-corrected chi connectivity index (χ3v) is 5.59. The molecule has 0 radical (unpaired) electrons. The fourth-order valence-electron chi connectivity index (χ4n) is 3.77. The number of benzene rings is 3. The van der Waals surface area contributed by atoms with Crippen molar-refractivity contribution in [2.24, 2.45) is 5.73 Å². The molecule has 1 aliphatic heterocycles. The van der Waals surface area contributed by atoms with Crippen LogP contribution in [-0.2, 0) is 5.41 Å². The lowest BCUT2D eigenvalue weighted by atomic mass is 9.83. The number of nitriles is 1. The molecule has 0 bridgehead atoms. The lowest BCUT2D eigenvalue weighted by Gasteiger charge is -2.26. The number of esters is 1. The van der Waals surface area contributed by atoms with Crippen molar-refractivity contribution in [3.05, 3.63) is 106 Å². The summed E-state index contributed by atoms with van der Waals surface area (Å²) in [7, 11) is 0. The van der Waals surface area contributed by atoms with Crippen molar-refractivity contribution in [3.8, 4) is 17.6 Å². The van der Waals surface area contributed by atoms with E-state index in [1.165, 1.54) is 12.1 Å². The van der Waals surface area contributed by atoms with Crippen molar-refractivity contribution in [1.29, 1.82) is 5.26 Å². The number of hydrogen-bond donors (Lipinski definition) is 1. The Bertz CT molecular complexity index is 1280. The van der Waals surface area contributed by atoms with E-state index in [0.717, 1.165) is 5.56 Å². The molecule has 2 N–H and O–H groups in total. The van der Waals surface area contributed by atoms with Crippen LogP contribution in [-0.4, -0.2) is 5.97 Å². The summed E-state index contributed by atoms with van der Waals surface area (Å²) in [6.45, 7) is 6.31. The zero-order chi connectivity index (χ0) is 23.8. The number of nitrogens with two attached hydrogens (primary N) is 1. The number of allylic oxidation sites excluding steroid dienone is 1. The maximum absolute atomic E-state index is 13.4. The van der Waals surface area contributed by atoms with Gasteiger partial charge in [-0.15, -0.1) is 0 Å². The molecule has 0 spiro atoms. The molecule has 166 valence electrons. The van der Waals surface area contributed by atoms with Gasteiger partial charge in [-0.25, -0.2) is 9.18 Å². The van der Waals surface area contributed by atoms with E-state index in [1.807, 2.05) is 12.1 Å². The normalized spacial score (nSPS) is 15.3. The van der Waals surface area contributed by atoms with Gasteiger partial charge in [0.15, 0.2) is 0 Å². The maximum Gasteiger partial charge on any atom is 0.343 e. The van der Waals surface area contributed by atoms with Crippen molar-refractivity contribution in [2.75, 3.05) is 0 Å². The molecule has 6 heteroatoms. The van der Waals surface area contributed by atoms with Crippen LogP contribution in [0.3, 0.4) is 0 Å². The highest BCUT2D eigenvalue weighted by atomic mass is 19.1. The van der Waals surface area contributed by atoms with Crippen LogP contribution in [0.4, 0.5) is 4.39 Å². The van der Waals surface area contributed by atoms with E-state index in [1.54, 1.807) is 42.5 Å². The molecule has 0 saturated heterocycles. The lowest BCUT2D eigenvalue weighted by Crippen LogP contribution is -2.21. The number of fused-ring (bicyclic) bond motifs is 1. The minimum atomic E-state index is -0.519. The average Bonchev–Trinajstić information content (AvgIpc) is 2.78. The second kappa shape index (κ2) is 8.44. The van der Waals surface area contributed by atoms with E-state index in [0.29, 0.717) is 22.4 Å². The monoisotopic (exact) mass is 442 g/mol. The lowest BCUT2D eigenvalue weighted by molar-refractivity contribution is 0.0734. The van der Waals surface area contributed by atoms with Gasteiger partial charge in [0, 0.05) is 11.6 Å². The summed E-state index contributed by atoms with van der Waals surface area (Å²) in [6, 6.07) is 20.2. The highest BCUT2D eigenvalue weighted by molar-refractivity contribution is 5.91. The summed E-state index contributed by atoms with van der Waals surface area (Å²) < 4.78 is 24.6. The number of nitrogens with zero attached hydrogens (tertiary/aromatic N) is 1. The predicted molar refractivity (Wildman–Crippen MR) is 122 cm³/mol. The Kier molecular flexibility index (Phi) is 5.65. The summed E-state index contributed by atoms with van der Waals surface area (Å²) in [5.41, 5.74) is 9.13. The molecule has 3 aromatic carbocycles. The summed E-state index contributed by atoms with van der Waals surface area (Å²) >= 11 is 0. The first-order valence-electron chi connectivity index (χ1n) is 10.5. The van der Waals surface area contributed by atoms with Gasteiger partial charge >= 0.3 is 5.97 Å². The van der Waals surface area contributed by atoms with Crippen molar-refractivity contribution < 1.29 is 18.7 Å². The SMILES string of the molecule is CC(C)(C)c1ccc(C(=O)Oc2ccc3c(c2)OC(N)=C(C#N)C3c2ccc(F)cc2)cc1. The molecule has 0 aromatic heterocycles. The minimum Gasteiger partial charge on any atom is -0.440 e. The number of hydrogen-bond acceptors (Lipinski definition) is 5. The molecular weight excluding hydrogens is 419 g/mol. The van der Waals surface area contributed by atoms with E-state index >= 15 is 0 Å². The van der Waals surface area contributed by atoms with Gasteiger partial charge in [0.25, 0.3) is 0 Å². The molecule has 5 nitrogen and oxygen atoms in total. The summed E-state index contributed by atoms with van der Waals surface area (Å²) in [4.78, 5) is 12.6. The van der Waals surface area contributed by atoms with Crippen LogP contribution in [0.1, 0.15) is 53.7 Å². The van der Waals surface area contributed by atoms with Gasteiger partial charge < -0.3 is 15.2 Å². The van der Waals surface area contributed by atoms with E-state index in [2.05, 4.69) is 26.8 Å². The van der Waals surface area contributed by atoms with Crippen LogP contribution < -0.4 is 15.2 Å². The Morgan fingerprint density at radius 2 is 1.73 bits per heavy atom. The zero-order valence-electron chi connectivity index (χ0n) is 18.6. The topological polar surface area (TPSA) is 85.3 Å². The van der Waals surface area contributed by atoms with Gasteiger partial charge in [0.2, 0.25) is 5.88 Å². The van der Waals surface area contributed by atoms with E-state index in [4.69, 9.17) is 15.2 Å². The van der Waals surface area contributed by atoms with Gasteiger partial charge in [-0.2, -0.15) is 5.26 Å². The fourth-order valence-corrected chi connectivity index (χ4v) is 3.77. The van der Waals surface area contributed by atoms with Crippen molar-refractivity contribution in [1.82, 2.24) is 0 Å². The van der Waals surface area contributed by atoms with E-state index in [-0.39, 0.29) is 28.4 Å². The third-order valence-electron chi connectivity index (χ3n) is 5.59. The molecule has 1 heterocycles. The molecule has 0 saturated carbocycles. The van der Waals surface area contributed by atoms with Gasteiger partial charge in [-0.1, -0.05) is 51.1 Å². The number of ether oxygens (including phenoxy) is 2. The Morgan fingerprint density at radius 1 is 1.06 bits per heavy atom. The van der Waals surface area contributed by atoms with Crippen molar-refractivity contribution in [3.63, 3.8) is 0 Å². The highest BCUT2D eigenvalue weighted by Gasteiger charge is 2.31. The fraction of sp³-hybridized carbons (Fsp3) is 0.185. The zero-order valence-corrected chi connectivity index (χ0v) is 18.6. The second-order valence-corrected chi connectivity index (χ2v) is 8.89. The van der Waals surface area contributed by atoms with Crippen molar-refractivity contribution >= 4 is 5.97 Å². The largest absolute Gasteiger partial charge is 0.440 e. The first-order valence-corrected chi connectivity index (χ1v) is 10.5. The van der Waals surface area contributed by atoms with Crippen LogP contribution in [0.25, 0.3) is 0 Å². The maximum atomic E-state index is 13.4. The van der Waals surface area contributed by atoms with Crippen LogP contribution in [0.2, 0.25) is 0 Å². The molecule has 0 aliphatic carbocycles. The molecule has 4 rings (SSSR count). The molecule has 1 unspecified atom stereocenters. The third kappa shape index (κ3) is 4.44. The smallest absolute Gasteiger partial charge is 0.343 e. The highest BCUT2D eigenvalue weighted by Crippen LogP contribution is 2.43. The molecule has 0 amide bonds. The quantitative estimate of drug-likeness (QED) is 0.424. The molecule has 1 aliphatic rings. The summed E-state index contributed by atoms with van der Waals surface area (Å²) in [5, 5.41) is 9.63. The second-order valence-electron chi connectivity index (χ2n) is 8.89. The standard InChI is InChI=1S/C27H23FN2O3/c1-27(2,3)18-8-4-17(5-9-18)26(31)32-20-12-13-21-23(14-20)33-25(30)22(15-29)24(21)16-6-10-19(28)11-7-16/h4-14,24H,30H2,1-3H3. The molecule has 0 fully saturated rings. The minimum absolute atomic E-state index is 0.0188. The molecular formula is C27H23FN2O3. The Hall–Kier alpha value is -4.11. The number of carbonyl (C=O) groups excluding carboxylic acids is 1. The van der Waals surface area contributed by atoms with Crippen LogP contribution in [0, 0.1) is 17.1 Å².